The molecule has 0 aliphatic carbocycles. The van der Waals surface area contributed by atoms with Crippen molar-refractivity contribution in [2.45, 2.75) is 11.1 Å². The van der Waals surface area contributed by atoms with Crippen molar-refractivity contribution in [3.63, 3.8) is 0 Å². The fourth-order valence-corrected chi connectivity index (χ4v) is 3.67. The number of hydrogen-bond acceptors (Lipinski definition) is 3. The zero-order valence-electron chi connectivity index (χ0n) is 11.3. The molecule has 1 fully saturated rings. The van der Waals surface area contributed by atoms with E-state index in [1.165, 1.54) is 0 Å². The summed E-state index contributed by atoms with van der Waals surface area (Å²) in [7, 11) is -4.13. The lowest BCUT2D eigenvalue weighted by Crippen LogP contribution is -2.50. The maximum absolute atomic E-state index is 13.1. The van der Waals surface area contributed by atoms with Crippen LogP contribution in [-0.4, -0.2) is 56.5 Å². The normalized spacial score (nSPS) is 18.6. The number of piperazine rings is 1. The van der Waals surface area contributed by atoms with Gasteiger partial charge >= 0.3 is 6.18 Å². The number of rotatable bonds is 3. The van der Waals surface area contributed by atoms with Crippen molar-refractivity contribution in [1.82, 2.24) is 9.21 Å². The number of sulfonamides is 1. The first kappa shape index (κ1) is 17.1. The molecule has 0 radical (unpaired) electrons. The van der Waals surface area contributed by atoms with Crippen LogP contribution in [0.15, 0.2) is 23.1 Å². The molecule has 1 heterocycles. The van der Waals surface area contributed by atoms with Crippen molar-refractivity contribution >= 4 is 10.0 Å². The zero-order chi connectivity index (χ0) is 16.5. The van der Waals surface area contributed by atoms with Crippen LogP contribution in [0, 0.1) is 11.6 Å². The summed E-state index contributed by atoms with van der Waals surface area (Å²) in [6, 6.07) is 1.90. The number of benzene rings is 1. The lowest BCUT2D eigenvalue weighted by molar-refractivity contribution is -0.148. The molecule has 4 nitrogen and oxygen atoms in total. The van der Waals surface area contributed by atoms with Gasteiger partial charge < -0.3 is 0 Å². The van der Waals surface area contributed by atoms with E-state index in [0.29, 0.717) is 18.2 Å². The van der Waals surface area contributed by atoms with Gasteiger partial charge in [0.1, 0.15) is 11.6 Å². The Kier molecular flexibility index (Phi) is 4.73. The molecule has 0 unspecified atom stereocenters. The van der Waals surface area contributed by atoms with Gasteiger partial charge in [-0.05, 0) is 12.1 Å². The Morgan fingerprint density at radius 1 is 0.955 bits per heavy atom. The second-order valence-corrected chi connectivity index (χ2v) is 6.84. The maximum atomic E-state index is 13.1. The van der Waals surface area contributed by atoms with Crippen LogP contribution in [0.1, 0.15) is 0 Å². The molecular weight excluding hydrogens is 331 g/mol. The Morgan fingerprint density at radius 3 is 1.91 bits per heavy atom. The van der Waals surface area contributed by atoms with Gasteiger partial charge in [0.2, 0.25) is 10.0 Å². The second kappa shape index (κ2) is 6.09. The van der Waals surface area contributed by atoms with Crippen molar-refractivity contribution in [1.29, 1.82) is 0 Å². The highest BCUT2D eigenvalue weighted by Crippen LogP contribution is 2.22. The molecule has 1 saturated heterocycles. The minimum atomic E-state index is -4.35. The molecule has 0 amide bonds. The molecule has 0 spiro atoms. The first-order valence-electron chi connectivity index (χ1n) is 6.33. The van der Waals surface area contributed by atoms with E-state index in [9.17, 15) is 30.4 Å². The summed E-state index contributed by atoms with van der Waals surface area (Å²) >= 11 is 0. The van der Waals surface area contributed by atoms with Crippen molar-refractivity contribution < 1.29 is 30.4 Å². The summed E-state index contributed by atoms with van der Waals surface area (Å²) in [5.41, 5.74) is 0. The standard InChI is InChI=1S/C12H13F5N2O2S/c13-9-5-10(14)7-11(6-9)22(20,21)19-3-1-18(2-4-19)8-12(15,16)17/h5-7H,1-4,8H2. The SMILES string of the molecule is O=S(=O)(c1cc(F)cc(F)c1)N1CCN(CC(F)(F)F)CC1. The van der Waals surface area contributed by atoms with Crippen LogP contribution < -0.4 is 0 Å². The molecule has 10 heteroatoms. The summed E-state index contributed by atoms with van der Waals surface area (Å²) in [6.45, 7) is -1.66. The fourth-order valence-electron chi connectivity index (χ4n) is 2.21. The fraction of sp³-hybridized carbons (Fsp3) is 0.500. The van der Waals surface area contributed by atoms with Gasteiger partial charge in [-0.1, -0.05) is 0 Å². The molecule has 1 aromatic rings. The van der Waals surface area contributed by atoms with Crippen LogP contribution >= 0.6 is 0 Å². The van der Waals surface area contributed by atoms with Gasteiger partial charge in [-0.25, -0.2) is 17.2 Å². The van der Waals surface area contributed by atoms with Gasteiger partial charge in [0.15, 0.2) is 0 Å². The summed E-state index contributed by atoms with van der Waals surface area (Å²) in [5, 5.41) is 0. The Balaban J connectivity index is 2.09. The van der Waals surface area contributed by atoms with Gasteiger partial charge in [0, 0.05) is 32.2 Å². The minimum Gasteiger partial charge on any atom is -0.292 e. The maximum Gasteiger partial charge on any atom is 0.401 e. The van der Waals surface area contributed by atoms with Crippen LogP contribution in [0.5, 0.6) is 0 Å². The summed E-state index contributed by atoms with van der Waals surface area (Å²) in [6.07, 6.45) is -4.35. The van der Waals surface area contributed by atoms with E-state index in [4.69, 9.17) is 0 Å². The number of hydrogen-bond donors (Lipinski definition) is 0. The zero-order valence-corrected chi connectivity index (χ0v) is 12.1. The lowest BCUT2D eigenvalue weighted by Gasteiger charge is -2.34. The van der Waals surface area contributed by atoms with E-state index in [0.717, 1.165) is 9.21 Å². The molecule has 1 aromatic carbocycles. The molecule has 22 heavy (non-hydrogen) atoms. The number of nitrogens with zero attached hydrogens (tertiary/aromatic N) is 2. The summed E-state index contributed by atoms with van der Waals surface area (Å²) < 4.78 is 88.4. The van der Waals surface area contributed by atoms with E-state index >= 15 is 0 Å². The van der Waals surface area contributed by atoms with Crippen LogP contribution in [0.3, 0.4) is 0 Å². The Morgan fingerprint density at radius 2 is 1.45 bits per heavy atom. The van der Waals surface area contributed by atoms with Gasteiger partial charge in [-0.3, -0.25) is 4.90 Å². The Labute approximate surface area is 124 Å². The molecule has 1 aliphatic heterocycles. The number of alkyl halides is 3. The van der Waals surface area contributed by atoms with Gasteiger partial charge in [-0.2, -0.15) is 17.5 Å². The molecule has 0 saturated carbocycles. The van der Waals surface area contributed by atoms with Gasteiger partial charge in [0.05, 0.1) is 11.4 Å². The molecule has 0 aromatic heterocycles. The molecule has 0 N–H and O–H groups in total. The Hall–Kier alpha value is -1.26. The molecule has 0 atom stereocenters. The average Bonchev–Trinajstić information content (AvgIpc) is 2.36. The quantitative estimate of drug-likeness (QED) is 0.786. The molecular formula is C12H13F5N2O2S. The highest BCUT2D eigenvalue weighted by atomic mass is 32.2. The smallest absolute Gasteiger partial charge is 0.292 e. The summed E-state index contributed by atoms with van der Waals surface area (Å²) in [4.78, 5) is 0.535. The van der Waals surface area contributed by atoms with Crippen LogP contribution in [0.2, 0.25) is 0 Å². The van der Waals surface area contributed by atoms with E-state index in [2.05, 4.69) is 0 Å². The summed E-state index contributed by atoms with van der Waals surface area (Å²) in [5.74, 6) is -2.07. The predicted molar refractivity (Wildman–Crippen MR) is 67.6 cm³/mol. The topological polar surface area (TPSA) is 40.6 Å². The second-order valence-electron chi connectivity index (χ2n) is 4.90. The number of halogens is 5. The third-order valence-electron chi connectivity index (χ3n) is 3.21. The monoisotopic (exact) mass is 344 g/mol. The largest absolute Gasteiger partial charge is 0.401 e. The van der Waals surface area contributed by atoms with E-state index in [1.807, 2.05) is 0 Å². The highest BCUT2D eigenvalue weighted by molar-refractivity contribution is 7.89. The van der Waals surface area contributed by atoms with Crippen molar-refractivity contribution in [3.05, 3.63) is 29.8 Å². The van der Waals surface area contributed by atoms with Gasteiger partial charge in [0.25, 0.3) is 0 Å². The average molecular weight is 344 g/mol. The third-order valence-corrected chi connectivity index (χ3v) is 5.08. The Bertz CT molecular complexity index is 619. The van der Waals surface area contributed by atoms with E-state index < -0.39 is 39.3 Å². The van der Waals surface area contributed by atoms with Crippen molar-refractivity contribution in [3.8, 4) is 0 Å². The minimum absolute atomic E-state index is 0.101. The predicted octanol–water partition coefficient (Wildman–Crippen LogP) is 1.83. The van der Waals surface area contributed by atoms with E-state index in [-0.39, 0.29) is 26.2 Å². The molecule has 2 rings (SSSR count). The first-order valence-corrected chi connectivity index (χ1v) is 7.77. The first-order chi connectivity index (χ1) is 10.1. The third kappa shape index (κ3) is 4.14. The molecule has 124 valence electrons. The van der Waals surface area contributed by atoms with Crippen LogP contribution in [-0.2, 0) is 10.0 Å². The van der Waals surface area contributed by atoms with Crippen LogP contribution in [0.4, 0.5) is 22.0 Å². The van der Waals surface area contributed by atoms with Crippen molar-refractivity contribution in [2.75, 3.05) is 32.7 Å². The van der Waals surface area contributed by atoms with Gasteiger partial charge in [-0.15, -0.1) is 0 Å². The molecule has 1 aliphatic rings. The van der Waals surface area contributed by atoms with E-state index in [1.54, 1.807) is 0 Å². The molecule has 0 bridgehead atoms. The highest BCUT2D eigenvalue weighted by Gasteiger charge is 2.35. The van der Waals surface area contributed by atoms with Crippen LogP contribution in [0.25, 0.3) is 0 Å². The lowest BCUT2D eigenvalue weighted by atomic mass is 10.3. The van der Waals surface area contributed by atoms with Crippen molar-refractivity contribution in [2.24, 2.45) is 0 Å².